The van der Waals surface area contributed by atoms with Gasteiger partial charge in [-0.3, -0.25) is 0 Å². The van der Waals surface area contributed by atoms with E-state index in [1.54, 1.807) is 0 Å². The fourth-order valence-electron chi connectivity index (χ4n) is 0.605. The third-order valence-electron chi connectivity index (χ3n) is 0.969. The standard InChI is InChI=1S/C5H7S/c6-5-3-1-2-4-5/h1,3,5H,2,4H2. The first-order chi connectivity index (χ1) is 2.89. The van der Waals surface area contributed by atoms with E-state index in [0.29, 0.717) is 5.25 Å². The molecule has 0 bridgehead atoms. The molecule has 0 aromatic carbocycles. The van der Waals surface area contributed by atoms with Gasteiger partial charge in [0.05, 0.1) is 0 Å². The Morgan fingerprint density at radius 2 is 2.50 bits per heavy atom. The molecule has 1 aliphatic rings. The lowest BCUT2D eigenvalue weighted by Crippen LogP contribution is -1.81. The van der Waals surface area contributed by atoms with Gasteiger partial charge >= 0.3 is 0 Å². The van der Waals surface area contributed by atoms with E-state index in [1.165, 1.54) is 12.8 Å². The first kappa shape index (κ1) is 4.25. The van der Waals surface area contributed by atoms with Crippen LogP contribution in [0.1, 0.15) is 12.8 Å². The van der Waals surface area contributed by atoms with Crippen molar-refractivity contribution in [3.8, 4) is 0 Å². The first-order valence-electron chi connectivity index (χ1n) is 2.22. The van der Waals surface area contributed by atoms with Crippen LogP contribution < -0.4 is 0 Å². The molecule has 1 unspecified atom stereocenters. The van der Waals surface area contributed by atoms with Crippen LogP contribution in [0.25, 0.3) is 0 Å². The highest BCUT2D eigenvalue weighted by atomic mass is 32.1. The molecule has 0 nitrogen and oxygen atoms in total. The summed E-state index contributed by atoms with van der Waals surface area (Å²) < 4.78 is 0. The minimum absolute atomic E-state index is 0.449. The number of hydrogen-bond donors (Lipinski definition) is 0. The van der Waals surface area contributed by atoms with Crippen molar-refractivity contribution in [2.75, 3.05) is 0 Å². The van der Waals surface area contributed by atoms with Crippen molar-refractivity contribution < 1.29 is 0 Å². The summed E-state index contributed by atoms with van der Waals surface area (Å²) >= 11 is 4.92. The summed E-state index contributed by atoms with van der Waals surface area (Å²) in [6.45, 7) is 0. The van der Waals surface area contributed by atoms with Crippen molar-refractivity contribution in [2.45, 2.75) is 18.1 Å². The highest BCUT2D eigenvalue weighted by Crippen LogP contribution is 2.13. The smallest absolute Gasteiger partial charge is 0.0334 e. The summed E-state index contributed by atoms with van der Waals surface area (Å²) in [5, 5.41) is 0.449. The molecular formula is C5H7S. The average molecular weight is 99.2 g/mol. The Morgan fingerprint density at radius 3 is 2.67 bits per heavy atom. The van der Waals surface area contributed by atoms with E-state index in [4.69, 9.17) is 12.6 Å². The monoisotopic (exact) mass is 99.0 g/mol. The Hall–Kier alpha value is 0.0900. The SMILES string of the molecule is [S]C1C=CCC1. The molecule has 0 N–H and O–H groups in total. The minimum Gasteiger partial charge on any atom is -0.0874 e. The molecule has 0 aromatic heterocycles. The molecule has 1 heteroatoms. The van der Waals surface area contributed by atoms with E-state index >= 15 is 0 Å². The minimum atomic E-state index is 0.449. The Balaban J connectivity index is 2.38. The topological polar surface area (TPSA) is 0 Å². The van der Waals surface area contributed by atoms with E-state index in [0.717, 1.165) is 0 Å². The molecule has 6 heavy (non-hydrogen) atoms. The van der Waals surface area contributed by atoms with E-state index < -0.39 is 0 Å². The van der Waals surface area contributed by atoms with Crippen LogP contribution in [-0.4, -0.2) is 5.25 Å². The lowest BCUT2D eigenvalue weighted by Gasteiger charge is -1.86. The summed E-state index contributed by atoms with van der Waals surface area (Å²) in [4.78, 5) is 0. The van der Waals surface area contributed by atoms with Crippen molar-refractivity contribution in [3.05, 3.63) is 12.2 Å². The summed E-state index contributed by atoms with van der Waals surface area (Å²) in [5.41, 5.74) is 0. The third-order valence-corrected chi connectivity index (χ3v) is 1.36. The highest BCUT2D eigenvalue weighted by molar-refractivity contribution is 7.81. The molecule has 1 aliphatic carbocycles. The summed E-state index contributed by atoms with van der Waals surface area (Å²) in [5.74, 6) is 0. The molecule has 0 saturated carbocycles. The average Bonchev–Trinajstić information content (AvgIpc) is 1.86. The zero-order chi connectivity index (χ0) is 4.41. The number of hydrogen-bond acceptors (Lipinski definition) is 0. The number of allylic oxidation sites excluding steroid dienone is 1. The van der Waals surface area contributed by atoms with Gasteiger partial charge in [0, 0.05) is 5.25 Å². The van der Waals surface area contributed by atoms with E-state index in [1.807, 2.05) is 0 Å². The molecule has 33 valence electrons. The van der Waals surface area contributed by atoms with E-state index in [9.17, 15) is 0 Å². The zero-order valence-electron chi connectivity index (χ0n) is 3.55. The maximum absolute atomic E-state index is 4.92. The molecule has 0 spiro atoms. The van der Waals surface area contributed by atoms with Gasteiger partial charge in [0.2, 0.25) is 0 Å². The van der Waals surface area contributed by atoms with Crippen molar-refractivity contribution in [3.63, 3.8) is 0 Å². The van der Waals surface area contributed by atoms with Gasteiger partial charge in [-0.15, -0.1) is 0 Å². The molecule has 0 saturated heterocycles. The second kappa shape index (κ2) is 1.69. The lowest BCUT2D eigenvalue weighted by molar-refractivity contribution is 0.949. The molecule has 0 fully saturated rings. The highest BCUT2D eigenvalue weighted by Gasteiger charge is 2.00. The third kappa shape index (κ3) is 0.777. The molecule has 0 aliphatic heterocycles. The Bertz CT molecular complexity index is 66.3. The van der Waals surface area contributed by atoms with Crippen LogP contribution >= 0.6 is 12.6 Å². The summed E-state index contributed by atoms with van der Waals surface area (Å²) in [7, 11) is 0. The van der Waals surface area contributed by atoms with Crippen molar-refractivity contribution in [1.82, 2.24) is 0 Å². The fraction of sp³-hybridized carbons (Fsp3) is 0.600. The Morgan fingerprint density at radius 1 is 1.67 bits per heavy atom. The van der Waals surface area contributed by atoms with Gasteiger partial charge in [-0.25, -0.2) is 0 Å². The molecule has 1 rings (SSSR count). The lowest BCUT2D eigenvalue weighted by atomic mass is 10.4. The van der Waals surface area contributed by atoms with Crippen molar-refractivity contribution in [1.29, 1.82) is 0 Å². The van der Waals surface area contributed by atoms with Gasteiger partial charge in [0.15, 0.2) is 0 Å². The first-order valence-corrected chi connectivity index (χ1v) is 2.69. The van der Waals surface area contributed by atoms with Gasteiger partial charge in [0.1, 0.15) is 0 Å². The Labute approximate surface area is 43.7 Å². The van der Waals surface area contributed by atoms with Crippen molar-refractivity contribution >= 4 is 12.6 Å². The summed E-state index contributed by atoms with van der Waals surface area (Å²) in [6.07, 6.45) is 6.64. The summed E-state index contributed by atoms with van der Waals surface area (Å²) in [6, 6.07) is 0. The van der Waals surface area contributed by atoms with Crippen LogP contribution in [0.3, 0.4) is 0 Å². The molecule has 0 heterocycles. The van der Waals surface area contributed by atoms with Gasteiger partial charge < -0.3 is 0 Å². The van der Waals surface area contributed by atoms with Crippen LogP contribution in [-0.2, 0) is 0 Å². The van der Waals surface area contributed by atoms with Crippen LogP contribution in [0.5, 0.6) is 0 Å². The quantitative estimate of drug-likeness (QED) is 0.407. The van der Waals surface area contributed by atoms with Gasteiger partial charge in [0.25, 0.3) is 0 Å². The number of rotatable bonds is 0. The second-order valence-corrected chi connectivity index (χ2v) is 2.15. The van der Waals surface area contributed by atoms with E-state index in [-0.39, 0.29) is 0 Å². The van der Waals surface area contributed by atoms with Crippen LogP contribution in [0, 0.1) is 0 Å². The van der Waals surface area contributed by atoms with Crippen LogP contribution in [0.2, 0.25) is 0 Å². The zero-order valence-corrected chi connectivity index (χ0v) is 4.37. The van der Waals surface area contributed by atoms with Crippen molar-refractivity contribution in [2.24, 2.45) is 0 Å². The molecular weight excluding hydrogens is 92.1 g/mol. The second-order valence-electron chi connectivity index (χ2n) is 1.54. The predicted molar refractivity (Wildman–Crippen MR) is 29.8 cm³/mol. The van der Waals surface area contributed by atoms with Gasteiger partial charge in [-0.2, -0.15) is 0 Å². The van der Waals surface area contributed by atoms with Gasteiger partial charge in [-0.1, -0.05) is 24.8 Å². The maximum Gasteiger partial charge on any atom is 0.0334 e. The normalized spacial score (nSPS) is 31.8. The fourth-order valence-corrected chi connectivity index (χ4v) is 0.852. The predicted octanol–water partition coefficient (Wildman–Crippen LogP) is 1.90. The molecule has 0 amide bonds. The van der Waals surface area contributed by atoms with E-state index in [2.05, 4.69) is 12.2 Å². The maximum atomic E-state index is 4.92. The largest absolute Gasteiger partial charge is 0.0874 e. The molecule has 1 radical (unpaired) electrons. The van der Waals surface area contributed by atoms with Crippen LogP contribution in [0.4, 0.5) is 0 Å². The Kier molecular flexibility index (Phi) is 1.20. The van der Waals surface area contributed by atoms with Crippen LogP contribution in [0.15, 0.2) is 12.2 Å². The molecule has 0 aromatic rings. The van der Waals surface area contributed by atoms with Gasteiger partial charge in [-0.05, 0) is 12.8 Å². The molecule has 1 atom stereocenters.